The fourth-order valence-electron chi connectivity index (χ4n) is 4.22. The van der Waals surface area contributed by atoms with E-state index >= 15 is 0 Å². The predicted octanol–water partition coefficient (Wildman–Crippen LogP) is 5.95. The summed E-state index contributed by atoms with van der Waals surface area (Å²) < 4.78 is 0. The molecule has 2 amide bonds. The second-order valence-electron chi connectivity index (χ2n) is 8.02. The van der Waals surface area contributed by atoms with Crippen LogP contribution in [0, 0.1) is 5.92 Å². The van der Waals surface area contributed by atoms with Crippen LogP contribution in [0.2, 0.25) is 0 Å². The van der Waals surface area contributed by atoms with Crippen LogP contribution in [0.4, 0.5) is 10.5 Å². The molecule has 0 bridgehead atoms. The number of para-hydroxylation sites is 1. The molecule has 0 unspecified atom stereocenters. The van der Waals surface area contributed by atoms with Gasteiger partial charge in [0.25, 0.3) is 0 Å². The minimum absolute atomic E-state index is 0.176. The molecule has 5 heteroatoms. The Morgan fingerprint density at radius 2 is 1.64 bits per heavy atom. The molecule has 1 aliphatic heterocycles. The van der Waals surface area contributed by atoms with Gasteiger partial charge in [-0.25, -0.2) is 4.79 Å². The highest BCUT2D eigenvalue weighted by molar-refractivity contribution is 5.89. The van der Waals surface area contributed by atoms with Gasteiger partial charge in [0.1, 0.15) is 0 Å². The molecule has 0 aromatic heterocycles. The number of aliphatic hydroxyl groups excluding tert-OH is 1. The first-order chi connectivity index (χ1) is 16.1. The van der Waals surface area contributed by atoms with E-state index in [1.165, 1.54) is 5.56 Å². The second-order valence-corrected chi connectivity index (χ2v) is 8.02. The average Bonchev–Trinajstić information content (AvgIpc) is 2.86. The summed E-state index contributed by atoms with van der Waals surface area (Å²) in [6.07, 6.45) is 3.78. The van der Waals surface area contributed by atoms with Crippen molar-refractivity contribution in [1.82, 2.24) is 10.2 Å². The van der Waals surface area contributed by atoms with E-state index in [1.807, 2.05) is 65.0 Å². The van der Waals surface area contributed by atoms with Crippen molar-refractivity contribution in [1.29, 1.82) is 0 Å². The summed E-state index contributed by atoms with van der Waals surface area (Å²) in [5.74, 6) is 0.614. The number of carbonyl (C=O) groups excluding carboxylic acids is 1. The van der Waals surface area contributed by atoms with E-state index in [1.54, 1.807) is 0 Å². The number of urea groups is 1. The third-order valence-electron chi connectivity index (χ3n) is 5.73. The molecule has 3 N–H and O–H groups in total. The lowest BCUT2D eigenvalue weighted by Crippen LogP contribution is -2.49. The van der Waals surface area contributed by atoms with Gasteiger partial charge >= 0.3 is 6.03 Å². The molecule has 0 radical (unpaired) electrons. The van der Waals surface area contributed by atoms with Crippen molar-refractivity contribution in [2.75, 3.05) is 25.0 Å². The number of carbonyl (C=O) groups is 1. The molecule has 0 saturated carbocycles. The molecule has 2 aromatic carbocycles. The molecule has 1 aliphatic rings. The van der Waals surface area contributed by atoms with Crippen molar-refractivity contribution >= 4 is 11.7 Å². The van der Waals surface area contributed by atoms with Gasteiger partial charge in [0, 0.05) is 24.8 Å². The number of hydrogen-bond acceptors (Lipinski definition) is 3. The van der Waals surface area contributed by atoms with Gasteiger partial charge < -0.3 is 15.7 Å². The molecule has 1 fully saturated rings. The lowest BCUT2D eigenvalue weighted by atomic mass is 9.84. The summed E-state index contributed by atoms with van der Waals surface area (Å²) in [6.45, 7) is 12.4. The van der Waals surface area contributed by atoms with Gasteiger partial charge in [-0.1, -0.05) is 76.2 Å². The van der Waals surface area contributed by atoms with Crippen molar-refractivity contribution < 1.29 is 9.90 Å². The third-order valence-corrected chi connectivity index (χ3v) is 5.73. The van der Waals surface area contributed by atoms with Crippen LogP contribution < -0.4 is 10.6 Å². The zero-order valence-electron chi connectivity index (χ0n) is 21.3. The van der Waals surface area contributed by atoms with Crippen LogP contribution in [0.3, 0.4) is 0 Å². The van der Waals surface area contributed by atoms with Crippen LogP contribution in [-0.4, -0.2) is 47.8 Å². The number of nitrogens with one attached hydrogen (secondary N) is 2. The number of likely N-dealkylation sites (tertiary alicyclic amines) is 1. The van der Waals surface area contributed by atoms with Crippen LogP contribution in [0.15, 0.2) is 60.7 Å². The number of hydrogen-bond donors (Lipinski definition) is 3. The zero-order chi connectivity index (χ0) is 24.5. The zero-order valence-corrected chi connectivity index (χ0v) is 21.3. The lowest BCUT2D eigenvalue weighted by molar-refractivity contribution is 0.0177. The van der Waals surface area contributed by atoms with Gasteiger partial charge in [-0.05, 0) is 62.8 Å². The Hall–Kier alpha value is -2.37. The summed E-state index contributed by atoms with van der Waals surface area (Å²) in [7, 11) is 0. The van der Waals surface area contributed by atoms with Gasteiger partial charge in [0.2, 0.25) is 0 Å². The van der Waals surface area contributed by atoms with Crippen LogP contribution in [0.1, 0.15) is 59.4 Å². The highest BCUT2D eigenvalue weighted by Crippen LogP contribution is 2.28. The molecular weight excluding hydrogens is 410 g/mol. The summed E-state index contributed by atoms with van der Waals surface area (Å²) >= 11 is 0. The maximum absolute atomic E-state index is 12.0. The molecule has 184 valence electrons. The first kappa shape index (κ1) is 28.7. The van der Waals surface area contributed by atoms with E-state index in [9.17, 15) is 9.90 Å². The number of nitrogens with zero attached hydrogens (tertiary/aromatic N) is 1. The molecular formula is C28H45N3O2. The minimum atomic E-state index is -0.345. The van der Waals surface area contributed by atoms with Crippen LogP contribution >= 0.6 is 0 Å². The Morgan fingerprint density at radius 3 is 2.24 bits per heavy atom. The van der Waals surface area contributed by atoms with Gasteiger partial charge in [-0.2, -0.15) is 0 Å². The number of piperidine rings is 1. The molecule has 1 heterocycles. The average molecular weight is 456 g/mol. The van der Waals surface area contributed by atoms with E-state index in [2.05, 4.69) is 45.9 Å². The first-order valence-corrected chi connectivity index (χ1v) is 12.7. The van der Waals surface area contributed by atoms with Crippen LogP contribution in [-0.2, 0) is 6.42 Å². The fourth-order valence-corrected chi connectivity index (χ4v) is 4.22. The lowest BCUT2D eigenvalue weighted by Gasteiger charge is -2.41. The van der Waals surface area contributed by atoms with E-state index in [0.29, 0.717) is 12.5 Å². The summed E-state index contributed by atoms with van der Waals surface area (Å²) in [5, 5.41) is 16.1. The number of benzene rings is 2. The topological polar surface area (TPSA) is 64.6 Å². The largest absolute Gasteiger partial charge is 0.392 e. The van der Waals surface area contributed by atoms with E-state index in [4.69, 9.17) is 0 Å². The van der Waals surface area contributed by atoms with Crippen molar-refractivity contribution in [2.24, 2.45) is 5.92 Å². The molecule has 1 saturated heterocycles. The number of amides is 2. The highest BCUT2D eigenvalue weighted by Gasteiger charge is 2.31. The molecule has 2 aromatic rings. The quantitative estimate of drug-likeness (QED) is 0.431. The molecule has 33 heavy (non-hydrogen) atoms. The maximum atomic E-state index is 12.0. The Labute approximate surface area is 201 Å². The van der Waals surface area contributed by atoms with Crippen molar-refractivity contribution in [2.45, 2.75) is 72.4 Å². The molecule has 0 spiro atoms. The standard InChI is InChI=1S/C24H33N3O2.2C2H6/c1-19(28)23-18-21(17-20-9-4-2-5-10-20)13-16-27(23)15-8-14-25-24(29)26-22-11-6-3-7-12-22;2*1-2/h2-7,9-12,19,21,23,28H,8,13-18H2,1H3,(H2,25,26,29);2*1-2H3/t19-,21+,23+;;/m0../s1. The monoisotopic (exact) mass is 455 g/mol. The summed E-state index contributed by atoms with van der Waals surface area (Å²) in [5.41, 5.74) is 2.17. The number of aliphatic hydroxyl groups is 1. The highest BCUT2D eigenvalue weighted by atomic mass is 16.3. The van der Waals surface area contributed by atoms with E-state index < -0.39 is 0 Å². The van der Waals surface area contributed by atoms with Gasteiger partial charge in [-0.3, -0.25) is 4.90 Å². The molecule has 0 aliphatic carbocycles. The van der Waals surface area contributed by atoms with Crippen molar-refractivity contribution in [3.63, 3.8) is 0 Å². The fraction of sp³-hybridized carbons (Fsp3) is 0.536. The SMILES string of the molecule is CC.CC.C[C@H](O)[C@H]1C[C@@H](Cc2ccccc2)CCN1CCCNC(=O)Nc1ccccc1. The van der Waals surface area contributed by atoms with Gasteiger partial charge in [0.05, 0.1) is 6.10 Å². The Morgan fingerprint density at radius 1 is 1.03 bits per heavy atom. The van der Waals surface area contributed by atoms with Crippen LogP contribution in [0.25, 0.3) is 0 Å². The smallest absolute Gasteiger partial charge is 0.319 e. The van der Waals surface area contributed by atoms with Gasteiger partial charge in [-0.15, -0.1) is 0 Å². The summed E-state index contributed by atoms with van der Waals surface area (Å²) in [4.78, 5) is 14.4. The third kappa shape index (κ3) is 10.9. The van der Waals surface area contributed by atoms with Gasteiger partial charge in [0.15, 0.2) is 0 Å². The normalized spacial score (nSPS) is 18.6. The Balaban J connectivity index is 0.00000129. The Bertz CT molecular complexity index is 737. The van der Waals surface area contributed by atoms with Crippen molar-refractivity contribution in [3.8, 4) is 0 Å². The molecule has 5 nitrogen and oxygen atoms in total. The Kier molecular flexibility index (Phi) is 14.9. The second kappa shape index (κ2) is 17.2. The predicted molar refractivity (Wildman–Crippen MR) is 141 cm³/mol. The number of anilines is 1. The first-order valence-electron chi connectivity index (χ1n) is 12.7. The molecule has 3 rings (SSSR count). The maximum Gasteiger partial charge on any atom is 0.319 e. The minimum Gasteiger partial charge on any atom is -0.392 e. The summed E-state index contributed by atoms with van der Waals surface area (Å²) in [6, 6.07) is 20.1. The van der Waals surface area contributed by atoms with E-state index in [0.717, 1.165) is 44.5 Å². The number of rotatable bonds is 8. The van der Waals surface area contributed by atoms with Crippen LogP contribution in [0.5, 0.6) is 0 Å². The molecule has 3 atom stereocenters. The van der Waals surface area contributed by atoms with E-state index in [-0.39, 0.29) is 18.2 Å². The van der Waals surface area contributed by atoms with Crippen molar-refractivity contribution in [3.05, 3.63) is 66.2 Å².